The molecule has 0 aromatic carbocycles. The number of hydrogen-bond acceptors (Lipinski definition) is 2. The standard InChI is InChI=1S/C13H25N3/c1-4-5-6-7-10-16-11-13(14-15-16)9-8-12(2)3/h11-12H,4-10H2,1-3H3. The zero-order chi connectivity index (χ0) is 11.8. The van der Waals surface area contributed by atoms with E-state index < -0.39 is 0 Å². The third kappa shape index (κ3) is 5.29. The molecule has 3 heteroatoms. The number of nitrogens with zero attached hydrogens (tertiary/aromatic N) is 3. The first kappa shape index (κ1) is 13.2. The van der Waals surface area contributed by atoms with Crippen molar-refractivity contribution >= 4 is 0 Å². The molecular formula is C13H25N3. The van der Waals surface area contributed by atoms with Crippen LogP contribution in [0.25, 0.3) is 0 Å². The van der Waals surface area contributed by atoms with E-state index in [1.165, 1.54) is 32.1 Å². The van der Waals surface area contributed by atoms with Crippen molar-refractivity contribution in [3.63, 3.8) is 0 Å². The number of hydrogen-bond donors (Lipinski definition) is 0. The summed E-state index contributed by atoms with van der Waals surface area (Å²) in [6.07, 6.45) is 9.51. The first-order valence-corrected chi connectivity index (χ1v) is 6.61. The minimum atomic E-state index is 0.745. The van der Waals surface area contributed by atoms with Gasteiger partial charge in [0.15, 0.2) is 0 Å². The highest BCUT2D eigenvalue weighted by atomic mass is 15.4. The SMILES string of the molecule is CCCCCCn1cc(CCC(C)C)nn1. The average molecular weight is 223 g/mol. The smallest absolute Gasteiger partial charge is 0.0827 e. The van der Waals surface area contributed by atoms with E-state index in [1.54, 1.807) is 0 Å². The molecule has 0 aliphatic heterocycles. The zero-order valence-corrected chi connectivity index (χ0v) is 10.9. The molecule has 1 aromatic rings. The normalized spacial score (nSPS) is 11.2. The lowest BCUT2D eigenvalue weighted by molar-refractivity contribution is 0.527. The van der Waals surface area contributed by atoms with Crippen LogP contribution in [-0.2, 0) is 13.0 Å². The summed E-state index contributed by atoms with van der Waals surface area (Å²) in [6.45, 7) is 7.75. The maximum atomic E-state index is 4.20. The molecule has 0 atom stereocenters. The Bertz CT molecular complexity index is 278. The maximum Gasteiger partial charge on any atom is 0.0827 e. The molecule has 0 N–H and O–H groups in total. The van der Waals surface area contributed by atoms with Gasteiger partial charge in [-0.2, -0.15) is 0 Å². The highest BCUT2D eigenvalue weighted by molar-refractivity contribution is 4.92. The molecule has 0 saturated carbocycles. The van der Waals surface area contributed by atoms with Crippen molar-refractivity contribution in [3.05, 3.63) is 11.9 Å². The molecular weight excluding hydrogens is 198 g/mol. The molecule has 1 heterocycles. The van der Waals surface area contributed by atoms with E-state index in [0.717, 1.165) is 24.6 Å². The van der Waals surface area contributed by atoms with E-state index in [-0.39, 0.29) is 0 Å². The Morgan fingerprint density at radius 2 is 2.06 bits per heavy atom. The minimum absolute atomic E-state index is 0.745. The van der Waals surface area contributed by atoms with Gasteiger partial charge in [-0.3, -0.25) is 4.68 Å². The van der Waals surface area contributed by atoms with E-state index in [4.69, 9.17) is 0 Å². The predicted molar refractivity (Wildman–Crippen MR) is 67.3 cm³/mol. The second kappa shape index (κ2) is 7.42. The Hall–Kier alpha value is -0.860. The fourth-order valence-electron chi connectivity index (χ4n) is 1.70. The Labute approximate surface area is 99.2 Å². The van der Waals surface area contributed by atoms with Crippen LogP contribution in [0.4, 0.5) is 0 Å². The second-order valence-electron chi connectivity index (χ2n) is 4.97. The molecule has 0 aliphatic rings. The molecule has 0 spiro atoms. The number of rotatable bonds is 8. The van der Waals surface area contributed by atoms with Gasteiger partial charge in [-0.1, -0.05) is 45.2 Å². The van der Waals surface area contributed by atoms with Crippen molar-refractivity contribution < 1.29 is 0 Å². The highest BCUT2D eigenvalue weighted by Crippen LogP contribution is 2.07. The first-order chi connectivity index (χ1) is 7.72. The van der Waals surface area contributed by atoms with E-state index in [0.29, 0.717) is 0 Å². The van der Waals surface area contributed by atoms with Crippen LogP contribution in [0, 0.1) is 5.92 Å². The topological polar surface area (TPSA) is 30.7 Å². The molecule has 0 fully saturated rings. The number of aromatic nitrogens is 3. The lowest BCUT2D eigenvalue weighted by Crippen LogP contribution is -1.98. The monoisotopic (exact) mass is 223 g/mol. The molecule has 0 aliphatic carbocycles. The van der Waals surface area contributed by atoms with Crippen molar-refractivity contribution in [3.8, 4) is 0 Å². The molecule has 0 unspecified atom stereocenters. The Balaban J connectivity index is 2.22. The van der Waals surface area contributed by atoms with E-state index >= 15 is 0 Å². The zero-order valence-electron chi connectivity index (χ0n) is 10.9. The van der Waals surface area contributed by atoms with E-state index in [1.807, 2.05) is 4.68 Å². The van der Waals surface area contributed by atoms with Crippen LogP contribution < -0.4 is 0 Å². The quantitative estimate of drug-likeness (QED) is 0.632. The third-order valence-electron chi connectivity index (χ3n) is 2.80. The first-order valence-electron chi connectivity index (χ1n) is 6.61. The van der Waals surface area contributed by atoms with Gasteiger partial charge in [-0.25, -0.2) is 0 Å². The molecule has 0 saturated heterocycles. The lowest BCUT2D eigenvalue weighted by Gasteiger charge is -2.00. The van der Waals surface area contributed by atoms with Gasteiger partial charge in [0.05, 0.1) is 5.69 Å². The fraction of sp³-hybridized carbons (Fsp3) is 0.846. The number of unbranched alkanes of at least 4 members (excludes halogenated alkanes) is 3. The summed E-state index contributed by atoms with van der Waals surface area (Å²) in [7, 11) is 0. The van der Waals surface area contributed by atoms with Crippen molar-refractivity contribution in [1.29, 1.82) is 0 Å². The summed E-state index contributed by atoms with van der Waals surface area (Å²) in [5.41, 5.74) is 1.14. The molecule has 1 rings (SSSR count). The Morgan fingerprint density at radius 3 is 2.75 bits per heavy atom. The van der Waals surface area contributed by atoms with Gasteiger partial charge in [0.25, 0.3) is 0 Å². The van der Waals surface area contributed by atoms with E-state index in [9.17, 15) is 0 Å². The third-order valence-corrected chi connectivity index (χ3v) is 2.80. The van der Waals surface area contributed by atoms with E-state index in [2.05, 4.69) is 37.3 Å². The summed E-state index contributed by atoms with van der Waals surface area (Å²) >= 11 is 0. The van der Waals surface area contributed by atoms with Crippen molar-refractivity contribution in [2.24, 2.45) is 5.92 Å². The van der Waals surface area contributed by atoms with Gasteiger partial charge < -0.3 is 0 Å². The molecule has 3 nitrogen and oxygen atoms in total. The van der Waals surface area contributed by atoms with Gasteiger partial charge in [0.1, 0.15) is 0 Å². The van der Waals surface area contributed by atoms with Gasteiger partial charge >= 0.3 is 0 Å². The fourth-order valence-corrected chi connectivity index (χ4v) is 1.70. The summed E-state index contributed by atoms with van der Waals surface area (Å²) in [4.78, 5) is 0. The summed E-state index contributed by atoms with van der Waals surface area (Å²) < 4.78 is 1.99. The maximum absolute atomic E-state index is 4.20. The van der Waals surface area contributed by atoms with Crippen LogP contribution in [0.3, 0.4) is 0 Å². The van der Waals surface area contributed by atoms with Crippen molar-refractivity contribution in [2.45, 2.75) is 65.8 Å². The van der Waals surface area contributed by atoms with Crippen molar-refractivity contribution in [2.75, 3.05) is 0 Å². The molecule has 0 bridgehead atoms. The summed E-state index contributed by atoms with van der Waals surface area (Å²) in [5.74, 6) is 0.745. The lowest BCUT2D eigenvalue weighted by atomic mass is 10.1. The van der Waals surface area contributed by atoms with Crippen LogP contribution in [0.1, 0.15) is 58.6 Å². The van der Waals surface area contributed by atoms with Crippen molar-refractivity contribution in [1.82, 2.24) is 15.0 Å². The van der Waals surface area contributed by atoms with Gasteiger partial charge in [0, 0.05) is 12.7 Å². The molecule has 0 radical (unpaired) electrons. The molecule has 1 aromatic heterocycles. The van der Waals surface area contributed by atoms with Crippen LogP contribution in [-0.4, -0.2) is 15.0 Å². The molecule has 16 heavy (non-hydrogen) atoms. The summed E-state index contributed by atoms with van der Waals surface area (Å²) in [6, 6.07) is 0. The van der Waals surface area contributed by atoms with Gasteiger partial charge in [-0.05, 0) is 25.2 Å². The van der Waals surface area contributed by atoms with Crippen LogP contribution >= 0.6 is 0 Å². The molecule has 92 valence electrons. The van der Waals surface area contributed by atoms with Gasteiger partial charge in [-0.15, -0.1) is 5.10 Å². The molecule has 0 amide bonds. The van der Waals surface area contributed by atoms with Crippen LogP contribution in [0.15, 0.2) is 6.20 Å². The number of aryl methyl sites for hydroxylation is 2. The van der Waals surface area contributed by atoms with Crippen LogP contribution in [0.5, 0.6) is 0 Å². The highest BCUT2D eigenvalue weighted by Gasteiger charge is 2.02. The average Bonchev–Trinajstić information content (AvgIpc) is 2.70. The Kier molecular flexibility index (Phi) is 6.12. The predicted octanol–water partition coefficient (Wildman–Crippen LogP) is 3.45. The van der Waals surface area contributed by atoms with Crippen LogP contribution in [0.2, 0.25) is 0 Å². The minimum Gasteiger partial charge on any atom is -0.252 e. The van der Waals surface area contributed by atoms with Gasteiger partial charge in [0.2, 0.25) is 0 Å². The summed E-state index contributed by atoms with van der Waals surface area (Å²) in [5, 5.41) is 8.36. The second-order valence-corrected chi connectivity index (χ2v) is 4.97. The Morgan fingerprint density at radius 1 is 1.25 bits per heavy atom. The largest absolute Gasteiger partial charge is 0.252 e.